The van der Waals surface area contributed by atoms with Crippen LogP contribution >= 0.6 is 0 Å². The molecule has 0 atom stereocenters. The van der Waals surface area contributed by atoms with E-state index in [1.165, 1.54) is 83.5 Å². The first-order chi connectivity index (χ1) is 14.9. The molecule has 0 bridgehead atoms. The Morgan fingerprint density at radius 2 is 1.23 bits per heavy atom. The molecule has 0 unspecified atom stereocenters. The van der Waals surface area contributed by atoms with Crippen LogP contribution in [0.2, 0.25) is 0 Å². The van der Waals surface area contributed by atoms with E-state index in [0.29, 0.717) is 6.42 Å². The molecule has 0 saturated carbocycles. The molecule has 0 aromatic carbocycles. The fourth-order valence-corrected chi connectivity index (χ4v) is 3.75. The maximum atomic E-state index is 10.2. The van der Waals surface area contributed by atoms with Gasteiger partial charge in [0.2, 0.25) is 16.7 Å². The monoisotopic (exact) mass is 460 g/mol. The molecule has 0 aliphatic carbocycles. The molecule has 0 radical (unpaired) electrons. The van der Waals surface area contributed by atoms with Gasteiger partial charge in [0.05, 0.1) is 20.2 Å². The van der Waals surface area contributed by atoms with E-state index in [4.69, 9.17) is 0 Å². The lowest BCUT2D eigenvalue weighted by Crippen LogP contribution is -2.23. The van der Waals surface area contributed by atoms with Crippen molar-refractivity contribution in [3.63, 3.8) is 0 Å². The summed E-state index contributed by atoms with van der Waals surface area (Å²) in [5.41, 5.74) is 0. The van der Waals surface area contributed by atoms with E-state index in [0.717, 1.165) is 19.4 Å². The summed E-state index contributed by atoms with van der Waals surface area (Å²) < 4.78 is 39.0. The largest absolute Gasteiger partial charge is 0.726 e. The summed E-state index contributed by atoms with van der Waals surface area (Å²) in [6, 6.07) is 0. The molecular weight excluding hydrogens is 412 g/mol. The average molecular weight is 461 g/mol. The zero-order chi connectivity index (χ0) is 23.2. The van der Waals surface area contributed by atoms with Crippen molar-refractivity contribution in [3.8, 4) is 0 Å². The molecule has 0 saturated heterocycles. The van der Waals surface area contributed by atoms with Gasteiger partial charge in [-0.1, -0.05) is 104 Å². The summed E-state index contributed by atoms with van der Waals surface area (Å²) in [7, 11) is -2.45. The van der Waals surface area contributed by atoms with Gasteiger partial charge in [-0.15, -0.1) is 0 Å². The van der Waals surface area contributed by atoms with Crippen LogP contribution in [0.4, 0.5) is 0 Å². The zero-order valence-electron chi connectivity index (χ0n) is 20.4. The minimum Gasteiger partial charge on any atom is -0.726 e. The van der Waals surface area contributed by atoms with Crippen molar-refractivity contribution in [3.05, 3.63) is 18.7 Å². The Morgan fingerprint density at radius 1 is 0.774 bits per heavy atom. The summed E-state index contributed by atoms with van der Waals surface area (Å²) in [4.78, 5) is 0. The van der Waals surface area contributed by atoms with Gasteiger partial charge in [0, 0.05) is 0 Å². The lowest BCUT2D eigenvalue weighted by Gasteiger charge is -2.07. The first-order valence-corrected chi connectivity index (χ1v) is 13.8. The Labute approximate surface area is 192 Å². The number of hydrogen-bond acceptors (Lipinski definition) is 4. The SMILES string of the molecule is CCCCCCCCCCCCCCCCOS(=O)(=O)[O-].CCCCn1cc[n+](C)c1. The molecule has 0 aliphatic rings. The van der Waals surface area contributed by atoms with Crippen LogP contribution in [-0.2, 0) is 28.2 Å². The highest BCUT2D eigenvalue weighted by Gasteiger charge is 1.97. The molecule has 1 rings (SSSR count). The Balaban J connectivity index is 0.000000743. The summed E-state index contributed by atoms with van der Waals surface area (Å²) in [6.07, 6.45) is 26.2. The minimum atomic E-state index is -4.49. The first-order valence-electron chi connectivity index (χ1n) is 12.5. The Morgan fingerprint density at radius 3 is 1.61 bits per heavy atom. The van der Waals surface area contributed by atoms with Crippen LogP contribution in [0.25, 0.3) is 0 Å². The van der Waals surface area contributed by atoms with Gasteiger partial charge in [-0.2, -0.15) is 0 Å². The molecule has 6 nitrogen and oxygen atoms in total. The van der Waals surface area contributed by atoms with Crippen molar-refractivity contribution >= 4 is 10.4 Å². The highest BCUT2D eigenvalue weighted by Crippen LogP contribution is 2.13. The second-order valence-corrected chi connectivity index (χ2v) is 9.55. The van der Waals surface area contributed by atoms with Crippen LogP contribution in [0.5, 0.6) is 0 Å². The summed E-state index contributed by atoms with van der Waals surface area (Å²) in [5, 5.41) is 0. The highest BCUT2D eigenvalue weighted by atomic mass is 32.3. The van der Waals surface area contributed by atoms with Crippen molar-refractivity contribution in [2.45, 2.75) is 123 Å². The second kappa shape index (κ2) is 21.0. The van der Waals surface area contributed by atoms with E-state index in [1.54, 1.807) is 0 Å². The van der Waals surface area contributed by atoms with Crippen molar-refractivity contribution in [2.24, 2.45) is 7.05 Å². The molecule has 0 amide bonds. The van der Waals surface area contributed by atoms with Gasteiger partial charge >= 0.3 is 0 Å². The highest BCUT2D eigenvalue weighted by molar-refractivity contribution is 7.80. The second-order valence-electron chi connectivity index (χ2n) is 8.50. The maximum Gasteiger partial charge on any atom is 0.243 e. The normalized spacial score (nSPS) is 11.4. The van der Waals surface area contributed by atoms with Crippen LogP contribution in [0.1, 0.15) is 117 Å². The van der Waals surface area contributed by atoms with Gasteiger partial charge in [0.15, 0.2) is 0 Å². The number of aryl methyl sites for hydroxylation is 2. The summed E-state index contributed by atoms with van der Waals surface area (Å²) >= 11 is 0. The quantitative estimate of drug-likeness (QED) is 0.109. The number of rotatable bonds is 19. The molecule has 0 fully saturated rings. The van der Waals surface area contributed by atoms with Gasteiger partial charge < -0.3 is 4.55 Å². The number of hydrogen-bond donors (Lipinski definition) is 0. The number of aromatic nitrogens is 2. The number of nitrogens with zero attached hydrogens (tertiary/aromatic N) is 2. The molecule has 7 heteroatoms. The fourth-order valence-electron chi connectivity index (χ4n) is 3.43. The van der Waals surface area contributed by atoms with Crippen LogP contribution < -0.4 is 4.57 Å². The molecule has 0 N–H and O–H groups in total. The lowest BCUT2D eigenvalue weighted by atomic mass is 10.0. The topological polar surface area (TPSA) is 75.2 Å². The van der Waals surface area contributed by atoms with Crippen molar-refractivity contribution in [1.29, 1.82) is 0 Å². The van der Waals surface area contributed by atoms with Gasteiger partial charge in [-0.3, -0.25) is 4.18 Å². The van der Waals surface area contributed by atoms with E-state index in [-0.39, 0.29) is 6.61 Å². The fraction of sp³-hybridized carbons (Fsp3) is 0.875. The van der Waals surface area contributed by atoms with E-state index in [1.807, 2.05) is 7.05 Å². The zero-order valence-corrected chi connectivity index (χ0v) is 21.2. The van der Waals surface area contributed by atoms with Crippen molar-refractivity contribution < 1.29 is 21.7 Å². The van der Waals surface area contributed by atoms with Crippen LogP contribution in [0, 0.1) is 0 Å². The average Bonchev–Trinajstić information content (AvgIpc) is 3.14. The molecule has 31 heavy (non-hydrogen) atoms. The number of unbranched alkanes of at least 4 members (excludes halogenated alkanes) is 14. The van der Waals surface area contributed by atoms with E-state index in [2.05, 4.69) is 45.9 Å². The Hall–Kier alpha value is -0.920. The predicted octanol–water partition coefficient (Wildman–Crippen LogP) is 6.06. The third-order valence-corrected chi connectivity index (χ3v) is 5.77. The molecule has 0 spiro atoms. The maximum absolute atomic E-state index is 10.2. The van der Waals surface area contributed by atoms with E-state index < -0.39 is 10.4 Å². The summed E-state index contributed by atoms with van der Waals surface area (Å²) in [6.45, 7) is 5.64. The summed E-state index contributed by atoms with van der Waals surface area (Å²) in [5.74, 6) is 0. The van der Waals surface area contributed by atoms with Gasteiger partial charge in [0.25, 0.3) is 0 Å². The molecule has 1 aromatic rings. The molecular formula is C24H48N2O4S. The minimum absolute atomic E-state index is 0.0316. The Bertz CT molecular complexity index is 602. The van der Waals surface area contributed by atoms with E-state index in [9.17, 15) is 13.0 Å². The van der Waals surface area contributed by atoms with Crippen molar-refractivity contribution in [1.82, 2.24) is 4.57 Å². The van der Waals surface area contributed by atoms with Crippen molar-refractivity contribution in [2.75, 3.05) is 6.61 Å². The first kappa shape index (κ1) is 30.1. The molecule has 1 heterocycles. The molecule has 184 valence electrons. The van der Waals surface area contributed by atoms with Gasteiger partial charge in [-0.05, 0) is 12.8 Å². The third kappa shape index (κ3) is 23.6. The Kier molecular flexibility index (Phi) is 20.3. The number of imidazole rings is 1. The third-order valence-electron chi connectivity index (χ3n) is 5.32. The smallest absolute Gasteiger partial charge is 0.243 e. The lowest BCUT2D eigenvalue weighted by molar-refractivity contribution is -0.671. The predicted molar refractivity (Wildman–Crippen MR) is 126 cm³/mol. The van der Waals surface area contributed by atoms with Gasteiger partial charge in [-0.25, -0.2) is 17.6 Å². The standard InChI is InChI=1S/C16H34O4S.C8H15N2/c1-2-3-4-5-6-7-8-9-10-11-12-13-14-15-16-20-21(17,18)19;1-3-4-5-10-7-6-9(2)8-10/h2-16H2,1H3,(H,17,18,19);6-8H,3-5H2,1-2H3/q;+1/p-1. The van der Waals surface area contributed by atoms with Gasteiger partial charge in [0.1, 0.15) is 12.4 Å². The van der Waals surface area contributed by atoms with Crippen LogP contribution in [-0.4, -0.2) is 24.1 Å². The molecule has 0 aliphatic heterocycles. The van der Waals surface area contributed by atoms with Crippen LogP contribution in [0.15, 0.2) is 18.7 Å². The van der Waals surface area contributed by atoms with E-state index >= 15 is 0 Å². The van der Waals surface area contributed by atoms with Crippen LogP contribution in [0.3, 0.4) is 0 Å². The molecule has 1 aromatic heterocycles.